The van der Waals surface area contributed by atoms with Gasteiger partial charge in [-0.15, -0.1) is 0 Å². The fourth-order valence-corrected chi connectivity index (χ4v) is 2.68. The van der Waals surface area contributed by atoms with Gasteiger partial charge in [-0.05, 0) is 24.6 Å². The average Bonchev–Trinajstić information content (AvgIpc) is 2.67. The molecular formula is C18H20N8O2. The van der Waals surface area contributed by atoms with Crippen LogP contribution in [0.2, 0.25) is 0 Å². The molecule has 1 unspecified atom stereocenters. The van der Waals surface area contributed by atoms with E-state index in [1.165, 1.54) is 12.5 Å². The Balaban J connectivity index is 1.92. The van der Waals surface area contributed by atoms with Crippen molar-refractivity contribution in [1.82, 2.24) is 19.9 Å². The number of rotatable bonds is 8. The molecule has 144 valence electrons. The van der Waals surface area contributed by atoms with E-state index in [9.17, 15) is 9.59 Å². The third kappa shape index (κ3) is 4.29. The molecule has 0 radical (unpaired) electrons. The monoisotopic (exact) mass is 380 g/mol. The largest absolute Gasteiger partial charge is 0.368 e. The number of nitrogens with zero attached hydrogens (tertiary/aromatic N) is 4. The van der Waals surface area contributed by atoms with E-state index in [4.69, 9.17) is 11.5 Å². The van der Waals surface area contributed by atoms with E-state index in [2.05, 4.69) is 30.6 Å². The predicted molar refractivity (Wildman–Crippen MR) is 105 cm³/mol. The Bertz CT molecular complexity index is 1020. The quantitative estimate of drug-likeness (QED) is 0.455. The molecule has 0 aliphatic carbocycles. The van der Waals surface area contributed by atoms with Crippen molar-refractivity contribution in [2.45, 2.75) is 25.8 Å². The summed E-state index contributed by atoms with van der Waals surface area (Å²) in [5, 5.41) is 6.79. The fraction of sp³-hybridized carbons (Fsp3) is 0.222. The molecule has 0 saturated carbocycles. The molecule has 0 bridgehead atoms. The number of primary amides is 2. The van der Waals surface area contributed by atoms with Gasteiger partial charge in [-0.3, -0.25) is 9.59 Å². The van der Waals surface area contributed by atoms with Gasteiger partial charge in [-0.25, -0.2) is 19.9 Å². The van der Waals surface area contributed by atoms with Crippen molar-refractivity contribution in [2.75, 3.05) is 10.6 Å². The zero-order valence-corrected chi connectivity index (χ0v) is 15.2. The van der Waals surface area contributed by atoms with Gasteiger partial charge in [-0.1, -0.05) is 13.3 Å². The van der Waals surface area contributed by atoms with Gasteiger partial charge < -0.3 is 22.1 Å². The SMILES string of the molecule is CCCC(Nc1cnc(C(N)=O)c(Nc2ccc3ncncc3c2)n1)C(N)=O. The Morgan fingerprint density at radius 2 is 2.00 bits per heavy atom. The second-order valence-corrected chi connectivity index (χ2v) is 6.13. The number of aromatic nitrogens is 4. The van der Waals surface area contributed by atoms with Crippen LogP contribution in [-0.4, -0.2) is 37.8 Å². The number of hydrogen-bond donors (Lipinski definition) is 4. The standard InChI is InChI=1S/C18H20N8O2/c1-2-3-13(16(19)27)25-14-8-22-15(17(20)28)18(26-14)24-11-4-5-12-10(6-11)7-21-9-23-12/h4-9,13H,2-3H2,1H3,(H2,19,27)(H2,20,28)(H2,24,25,26). The van der Waals surface area contributed by atoms with Crippen LogP contribution in [0, 0.1) is 0 Å². The molecule has 2 heterocycles. The first-order chi connectivity index (χ1) is 13.5. The Kier molecular flexibility index (Phi) is 5.58. The molecule has 3 aromatic rings. The maximum absolute atomic E-state index is 11.7. The molecular weight excluding hydrogens is 360 g/mol. The molecule has 0 saturated heterocycles. The van der Waals surface area contributed by atoms with Gasteiger partial charge in [0.05, 0.1) is 11.7 Å². The maximum atomic E-state index is 11.7. The highest BCUT2D eigenvalue weighted by Gasteiger charge is 2.18. The van der Waals surface area contributed by atoms with Crippen molar-refractivity contribution in [3.8, 4) is 0 Å². The van der Waals surface area contributed by atoms with E-state index in [0.29, 0.717) is 17.9 Å². The van der Waals surface area contributed by atoms with Crippen LogP contribution < -0.4 is 22.1 Å². The van der Waals surface area contributed by atoms with E-state index in [0.717, 1.165) is 17.3 Å². The molecule has 10 heteroatoms. The van der Waals surface area contributed by atoms with Gasteiger partial charge in [0.2, 0.25) is 5.91 Å². The van der Waals surface area contributed by atoms with Crippen LogP contribution in [0.1, 0.15) is 30.3 Å². The second kappa shape index (κ2) is 8.25. The van der Waals surface area contributed by atoms with Crippen LogP contribution in [0.5, 0.6) is 0 Å². The number of carbonyl (C=O) groups is 2. The summed E-state index contributed by atoms with van der Waals surface area (Å²) in [5.74, 6) is -0.764. The zero-order valence-electron chi connectivity index (χ0n) is 15.2. The third-order valence-electron chi connectivity index (χ3n) is 4.02. The predicted octanol–water partition coefficient (Wildman–Crippen LogP) is 1.33. The van der Waals surface area contributed by atoms with Crippen LogP contribution >= 0.6 is 0 Å². The van der Waals surface area contributed by atoms with Crippen LogP contribution in [0.15, 0.2) is 36.9 Å². The van der Waals surface area contributed by atoms with Gasteiger partial charge in [0.1, 0.15) is 18.2 Å². The first kappa shape index (κ1) is 19.0. The van der Waals surface area contributed by atoms with Crippen molar-refractivity contribution in [2.24, 2.45) is 11.5 Å². The molecule has 28 heavy (non-hydrogen) atoms. The Morgan fingerprint density at radius 1 is 1.18 bits per heavy atom. The van der Waals surface area contributed by atoms with E-state index >= 15 is 0 Å². The minimum absolute atomic E-state index is 0.0268. The third-order valence-corrected chi connectivity index (χ3v) is 4.02. The summed E-state index contributed by atoms with van der Waals surface area (Å²) in [5.41, 5.74) is 12.2. The molecule has 0 aliphatic heterocycles. The number of benzene rings is 1. The molecule has 1 aromatic carbocycles. The summed E-state index contributed by atoms with van der Waals surface area (Å²) in [6, 6.07) is 4.81. The average molecular weight is 380 g/mol. The number of carbonyl (C=O) groups excluding carboxylic acids is 2. The zero-order chi connectivity index (χ0) is 20.1. The van der Waals surface area contributed by atoms with Crippen molar-refractivity contribution >= 4 is 40.0 Å². The number of nitrogens with one attached hydrogen (secondary N) is 2. The fourth-order valence-electron chi connectivity index (χ4n) is 2.68. The van der Waals surface area contributed by atoms with E-state index in [1.54, 1.807) is 12.3 Å². The topological polar surface area (TPSA) is 162 Å². The van der Waals surface area contributed by atoms with Gasteiger partial charge >= 0.3 is 0 Å². The molecule has 2 amide bonds. The molecule has 0 spiro atoms. The lowest BCUT2D eigenvalue weighted by molar-refractivity contribution is -0.118. The first-order valence-electron chi connectivity index (χ1n) is 8.67. The Morgan fingerprint density at radius 3 is 2.71 bits per heavy atom. The van der Waals surface area contributed by atoms with Gasteiger partial charge in [0.25, 0.3) is 5.91 Å². The van der Waals surface area contributed by atoms with Crippen molar-refractivity contribution < 1.29 is 9.59 Å². The van der Waals surface area contributed by atoms with Crippen molar-refractivity contribution in [3.05, 3.63) is 42.6 Å². The normalized spacial score (nSPS) is 11.8. The summed E-state index contributed by atoms with van der Waals surface area (Å²) in [6.07, 6.45) is 5.78. The molecule has 0 fully saturated rings. The number of anilines is 3. The van der Waals surface area contributed by atoms with Crippen LogP contribution in [0.3, 0.4) is 0 Å². The summed E-state index contributed by atoms with van der Waals surface area (Å²) in [4.78, 5) is 39.9. The smallest absolute Gasteiger partial charge is 0.271 e. The van der Waals surface area contributed by atoms with Crippen LogP contribution in [-0.2, 0) is 4.79 Å². The maximum Gasteiger partial charge on any atom is 0.271 e. The van der Waals surface area contributed by atoms with Gasteiger partial charge in [0.15, 0.2) is 11.5 Å². The first-order valence-corrected chi connectivity index (χ1v) is 8.67. The number of fused-ring (bicyclic) bond motifs is 1. The highest BCUT2D eigenvalue weighted by atomic mass is 16.1. The summed E-state index contributed by atoms with van der Waals surface area (Å²) in [6.45, 7) is 1.94. The van der Waals surface area contributed by atoms with Crippen LogP contribution in [0.4, 0.5) is 17.3 Å². The minimum Gasteiger partial charge on any atom is -0.368 e. The lowest BCUT2D eigenvalue weighted by Gasteiger charge is -2.16. The molecule has 0 aliphatic rings. The highest BCUT2D eigenvalue weighted by molar-refractivity contribution is 5.96. The number of nitrogens with two attached hydrogens (primary N) is 2. The molecule has 10 nitrogen and oxygen atoms in total. The Labute approximate surface area is 160 Å². The molecule has 3 rings (SSSR count). The van der Waals surface area contributed by atoms with Crippen molar-refractivity contribution in [3.63, 3.8) is 0 Å². The molecule has 6 N–H and O–H groups in total. The summed E-state index contributed by atoms with van der Waals surface area (Å²) < 4.78 is 0. The molecule has 1 atom stereocenters. The van der Waals surface area contributed by atoms with E-state index in [1.807, 2.05) is 19.1 Å². The summed E-state index contributed by atoms with van der Waals surface area (Å²) >= 11 is 0. The van der Waals surface area contributed by atoms with Gasteiger partial charge in [0, 0.05) is 17.3 Å². The van der Waals surface area contributed by atoms with Gasteiger partial charge in [-0.2, -0.15) is 0 Å². The molecule has 2 aromatic heterocycles. The lowest BCUT2D eigenvalue weighted by atomic mass is 10.1. The van der Waals surface area contributed by atoms with E-state index in [-0.39, 0.29) is 11.5 Å². The van der Waals surface area contributed by atoms with Crippen molar-refractivity contribution in [1.29, 1.82) is 0 Å². The summed E-state index contributed by atoms with van der Waals surface area (Å²) in [7, 11) is 0. The van der Waals surface area contributed by atoms with Crippen LogP contribution in [0.25, 0.3) is 10.9 Å². The second-order valence-electron chi connectivity index (χ2n) is 6.13. The number of amides is 2. The minimum atomic E-state index is -0.731. The lowest BCUT2D eigenvalue weighted by Crippen LogP contribution is -2.35. The highest BCUT2D eigenvalue weighted by Crippen LogP contribution is 2.22. The van der Waals surface area contributed by atoms with E-state index < -0.39 is 17.9 Å². The Hall–Kier alpha value is -3.82. The number of hydrogen-bond acceptors (Lipinski definition) is 8.